The zero-order valence-electron chi connectivity index (χ0n) is 15.2. The second kappa shape index (κ2) is 8.88. The van der Waals surface area contributed by atoms with E-state index in [9.17, 15) is 0 Å². The van der Waals surface area contributed by atoms with E-state index < -0.39 is 0 Å². The van der Waals surface area contributed by atoms with E-state index in [0.717, 1.165) is 25.8 Å². The molecule has 0 aromatic heterocycles. The number of aryl methyl sites for hydroxylation is 2. The highest BCUT2D eigenvalue weighted by Crippen LogP contribution is 2.27. The Kier molecular flexibility index (Phi) is 6.85. The topological polar surface area (TPSA) is 3.24 Å². The van der Waals surface area contributed by atoms with Crippen LogP contribution in [-0.2, 0) is 19.3 Å². The maximum Gasteiger partial charge on any atom is -0.00189 e. The molecule has 0 fully saturated rings. The quantitative estimate of drug-likeness (QED) is 0.656. The predicted octanol–water partition coefficient (Wildman–Crippen LogP) is 5.09. The van der Waals surface area contributed by atoms with E-state index in [1.54, 1.807) is 0 Å². The third-order valence-corrected chi connectivity index (χ3v) is 4.71. The van der Waals surface area contributed by atoms with Gasteiger partial charge in [-0.1, -0.05) is 62.4 Å². The van der Waals surface area contributed by atoms with Crippen LogP contribution in [0.5, 0.6) is 0 Å². The van der Waals surface area contributed by atoms with Crippen molar-refractivity contribution in [2.75, 3.05) is 20.6 Å². The van der Waals surface area contributed by atoms with Gasteiger partial charge in [0.1, 0.15) is 0 Å². The summed E-state index contributed by atoms with van der Waals surface area (Å²) in [5, 5.41) is 0. The second-order valence-electron chi connectivity index (χ2n) is 6.71. The maximum atomic E-state index is 2.46. The molecule has 1 heteroatoms. The van der Waals surface area contributed by atoms with Gasteiger partial charge in [-0.2, -0.15) is 0 Å². The first-order chi connectivity index (χ1) is 11.1. The molecule has 1 unspecified atom stereocenters. The van der Waals surface area contributed by atoms with E-state index in [-0.39, 0.29) is 0 Å². The Morgan fingerprint density at radius 2 is 1.57 bits per heavy atom. The Morgan fingerprint density at radius 3 is 2.17 bits per heavy atom. The fourth-order valence-electron chi connectivity index (χ4n) is 3.27. The minimum atomic E-state index is 0.594. The number of rotatable bonds is 8. The van der Waals surface area contributed by atoms with Crippen molar-refractivity contribution in [3.63, 3.8) is 0 Å². The van der Waals surface area contributed by atoms with Crippen molar-refractivity contribution in [3.05, 3.63) is 70.8 Å². The molecule has 2 rings (SSSR count). The molecule has 0 radical (unpaired) electrons. The Hall–Kier alpha value is -1.60. The summed E-state index contributed by atoms with van der Waals surface area (Å²) in [5.74, 6) is 0.594. The number of hydrogen-bond donors (Lipinski definition) is 0. The van der Waals surface area contributed by atoms with Gasteiger partial charge in [-0.25, -0.2) is 0 Å². The van der Waals surface area contributed by atoms with Crippen molar-refractivity contribution >= 4 is 0 Å². The summed E-state index contributed by atoms with van der Waals surface area (Å²) >= 11 is 0. The van der Waals surface area contributed by atoms with Crippen molar-refractivity contribution in [1.29, 1.82) is 0 Å². The Balaban J connectivity index is 2.25. The molecule has 0 aliphatic carbocycles. The molecule has 0 heterocycles. The van der Waals surface area contributed by atoms with E-state index in [0.29, 0.717) is 5.92 Å². The standard InChI is InChI=1S/C22H31N/c1-5-19-12-13-21(17-20(19)6-2)22(14-15-23(3)4)16-18-10-8-7-9-11-18/h7-13,17,22H,5-6,14-16H2,1-4H3. The summed E-state index contributed by atoms with van der Waals surface area (Å²) in [6.07, 6.45) is 4.59. The summed E-state index contributed by atoms with van der Waals surface area (Å²) in [6, 6.07) is 18.1. The van der Waals surface area contributed by atoms with Gasteiger partial charge in [0, 0.05) is 0 Å². The smallest absolute Gasteiger partial charge is 0.00189 e. The maximum absolute atomic E-state index is 2.46. The summed E-state index contributed by atoms with van der Waals surface area (Å²) in [5.41, 5.74) is 5.97. The number of hydrogen-bond acceptors (Lipinski definition) is 1. The lowest BCUT2D eigenvalue weighted by Gasteiger charge is -2.21. The van der Waals surface area contributed by atoms with Crippen LogP contribution < -0.4 is 0 Å². The fourth-order valence-corrected chi connectivity index (χ4v) is 3.27. The Labute approximate surface area is 142 Å². The lowest BCUT2D eigenvalue weighted by molar-refractivity contribution is 0.379. The first-order valence-electron chi connectivity index (χ1n) is 8.94. The summed E-state index contributed by atoms with van der Waals surface area (Å²) in [4.78, 5) is 2.29. The molecule has 124 valence electrons. The zero-order chi connectivity index (χ0) is 16.7. The van der Waals surface area contributed by atoms with Crippen molar-refractivity contribution in [1.82, 2.24) is 4.90 Å². The third kappa shape index (κ3) is 5.21. The number of benzene rings is 2. The highest BCUT2D eigenvalue weighted by Gasteiger charge is 2.14. The van der Waals surface area contributed by atoms with Gasteiger partial charge in [-0.3, -0.25) is 0 Å². The van der Waals surface area contributed by atoms with Gasteiger partial charge in [0.25, 0.3) is 0 Å². The van der Waals surface area contributed by atoms with E-state index in [4.69, 9.17) is 0 Å². The highest BCUT2D eigenvalue weighted by molar-refractivity contribution is 5.35. The van der Waals surface area contributed by atoms with Crippen LogP contribution in [-0.4, -0.2) is 25.5 Å². The van der Waals surface area contributed by atoms with Crippen LogP contribution in [0.1, 0.15) is 48.4 Å². The average molecular weight is 309 g/mol. The van der Waals surface area contributed by atoms with Crippen molar-refractivity contribution in [2.45, 2.75) is 45.4 Å². The molecule has 0 amide bonds. The Bertz CT molecular complexity index is 586. The molecule has 0 saturated heterocycles. The molecule has 0 bridgehead atoms. The van der Waals surface area contributed by atoms with Crippen LogP contribution in [0.4, 0.5) is 0 Å². The SMILES string of the molecule is CCc1ccc(C(CCN(C)C)Cc2ccccc2)cc1CC. The molecule has 0 aliphatic rings. The van der Waals surface area contributed by atoms with Gasteiger partial charge in [0.2, 0.25) is 0 Å². The van der Waals surface area contributed by atoms with Gasteiger partial charge in [0.15, 0.2) is 0 Å². The molecule has 23 heavy (non-hydrogen) atoms. The van der Waals surface area contributed by atoms with E-state index in [2.05, 4.69) is 81.4 Å². The summed E-state index contributed by atoms with van der Waals surface area (Å²) in [7, 11) is 4.33. The van der Waals surface area contributed by atoms with Crippen LogP contribution in [0.15, 0.2) is 48.5 Å². The van der Waals surface area contributed by atoms with Gasteiger partial charge >= 0.3 is 0 Å². The normalized spacial score (nSPS) is 12.6. The molecule has 0 N–H and O–H groups in total. The van der Waals surface area contributed by atoms with Crippen LogP contribution in [0.2, 0.25) is 0 Å². The highest BCUT2D eigenvalue weighted by atomic mass is 15.0. The molecule has 0 aliphatic heterocycles. The number of nitrogens with zero attached hydrogens (tertiary/aromatic N) is 1. The first kappa shape index (κ1) is 17.7. The summed E-state index contributed by atoms with van der Waals surface area (Å²) < 4.78 is 0. The lowest BCUT2D eigenvalue weighted by atomic mass is 9.86. The van der Waals surface area contributed by atoms with Crippen LogP contribution in [0.3, 0.4) is 0 Å². The predicted molar refractivity (Wildman–Crippen MR) is 101 cm³/mol. The molecule has 0 saturated carbocycles. The van der Waals surface area contributed by atoms with Crippen molar-refractivity contribution < 1.29 is 0 Å². The van der Waals surface area contributed by atoms with Gasteiger partial charge in [-0.05, 0) is 74.5 Å². The van der Waals surface area contributed by atoms with Crippen LogP contribution in [0.25, 0.3) is 0 Å². The van der Waals surface area contributed by atoms with Gasteiger partial charge in [-0.15, -0.1) is 0 Å². The molecular formula is C22H31N. The first-order valence-corrected chi connectivity index (χ1v) is 8.94. The van der Waals surface area contributed by atoms with E-state index >= 15 is 0 Å². The van der Waals surface area contributed by atoms with Crippen LogP contribution in [0, 0.1) is 0 Å². The molecule has 0 spiro atoms. The van der Waals surface area contributed by atoms with Crippen LogP contribution >= 0.6 is 0 Å². The van der Waals surface area contributed by atoms with E-state index in [1.807, 2.05) is 0 Å². The fraction of sp³-hybridized carbons (Fsp3) is 0.455. The largest absolute Gasteiger partial charge is 0.309 e. The minimum absolute atomic E-state index is 0.594. The molecule has 1 atom stereocenters. The molecule has 2 aromatic rings. The van der Waals surface area contributed by atoms with Gasteiger partial charge in [0.05, 0.1) is 0 Å². The summed E-state index contributed by atoms with van der Waals surface area (Å²) in [6.45, 7) is 5.65. The zero-order valence-corrected chi connectivity index (χ0v) is 15.2. The van der Waals surface area contributed by atoms with Gasteiger partial charge < -0.3 is 4.90 Å². The van der Waals surface area contributed by atoms with E-state index in [1.165, 1.54) is 28.7 Å². The minimum Gasteiger partial charge on any atom is -0.309 e. The molecule has 2 aromatic carbocycles. The monoisotopic (exact) mass is 309 g/mol. The lowest BCUT2D eigenvalue weighted by Crippen LogP contribution is -2.17. The second-order valence-corrected chi connectivity index (χ2v) is 6.71. The van der Waals surface area contributed by atoms with Crippen molar-refractivity contribution in [2.24, 2.45) is 0 Å². The average Bonchev–Trinajstić information content (AvgIpc) is 2.58. The third-order valence-electron chi connectivity index (χ3n) is 4.71. The Morgan fingerprint density at radius 1 is 0.870 bits per heavy atom. The molecule has 1 nitrogen and oxygen atoms in total. The molecular weight excluding hydrogens is 278 g/mol. The van der Waals surface area contributed by atoms with Crippen molar-refractivity contribution in [3.8, 4) is 0 Å².